The molecule has 2 aromatic rings. The highest BCUT2D eigenvalue weighted by Gasteiger charge is 2.42. The topological polar surface area (TPSA) is 54.7 Å². The fourth-order valence-electron chi connectivity index (χ4n) is 1.72. The minimum Gasteiger partial charge on any atom is -0.340 e. The number of nitrogens with one attached hydrogen (secondary N) is 1. The van der Waals surface area contributed by atoms with Crippen molar-refractivity contribution in [3.63, 3.8) is 0 Å². The van der Waals surface area contributed by atoms with Gasteiger partial charge in [0, 0.05) is 4.47 Å². The van der Waals surface area contributed by atoms with E-state index in [9.17, 15) is 0 Å². The Bertz CT molecular complexity index is 511. The van der Waals surface area contributed by atoms with Crippen LogP contribution in [0.25, 0.3) is 11.3 Å². The van der Waals surface area contributed by atoms with Gasteiger partial charge in [-0.25, -0.2) is 4.98 Å². The molecular formula is C12H12BrN3. The lowest BCUT2D eigenvalue weighted by molar-refractivity contribution is 0.685. The average molecular weight is 278 g/mol. The number of hydrogen-bond donors (Lipinski definition) is 2. The van der Waals surface area contributed by atoms with E-state index in [1.54, 1.807) is 0 Å². The number of aromatic nitrogens is 2. The lowest BCUT2D eigenvalue weighted by Gasteiger charge is -2.03. The number of nitrogens with two attached hydrogens (primary N) is 1. The number of nitrogens with zero attached hydrogens (tertiary/aromatic N) is 1. The highest BCUT2D eigenvalue weighted by molar-refractivity contribution is 9.10. The van der Waals surface area contributed by atoms with Crippen molar-refractivity contribution in [1.29, 1.82) is 0 Å². The summed E-state index contributed by atoms with van der Waals surface area (Å²) >= 11 is 3.42. The molecule has 16 heavy (non-hydrogen) atoms. The van der Waals surface area contributed by atoms with Crippen LogP contribution >= 0.6 is 15.9 Å². The molecule has 0 unspecified atom stereocenters. The first kappa shape index (κ1) is 10.1. The van der Waals surface area contributed by atoms with Crippen LogP contribution in [0.4, 0.5) is 0 Å². The maximum atomic E-state index is 6.08. The zero-order valence-corrected chi connectivity index (χ0v) is 10.3. The minimum atomic E-state index is -0.187. The molecule has 0 radical (unpaired) electrons. The van der Waals surface area contributed by atoms with E-state index in [2.05, 4.69) is 38.0 Å². The van der Waals surface area contributed by atoms with Gasteiger partial charge in [-0.2, -0.15) is 0 Å². The van der Waals surface area contributed by atoms with E-state index in [-0.39, 0.29) is 5.54 Å². The van der Waals surface area contributed by atoms with Gasteiger partial charge in [0.2, 0.25) is 0 Å². The zero-order chi connectivity index (χ0) is 11.2. The molecule has 1 fully saturated rings. The Balaban J connectivity index is 1.95. The summed E-state index contributed by atoms with van der Waals surface area (Å²) in [5.41, 5.74) is 8.05. The van der Waals surface area contributed by atoms with Crippen LogP contribution in [0.15, 0.2) is 34.9 Å². The zero-order valence-electron chi connectivity index (χ0n) is 8.70. The molecule has 1 aromatic carbocycles. The summed E-state index contributed by atoms with van der Waals surface area (Å²) in [5, 5.41) is 0. The fraction of sp³-hybridized carbons (Fsp3) is 0.250. The van der Waals surface area contributed by atoms with Gasteiger partial charge in [-0.1, -0.05) is 28.1 Å². The van der Waals surface area contributed by atoms with Crippen LogP contribution in [0, 0.1) is 0 Å². The van der Waals surface area contributed by atoms with Gasteiger partial charge in [0.1, 0.15) is 5.82 Å². The van der Waals surface area contributed by atoms with Crippen molar-refractivity contribution in [3.05, 3.63) is 40.8 Å². The molecular weight excluding hydrogens is 266 g/mol. The van der Waals surface area contributed by atoms with Crippen LogP contribution < -0.4 is 5.73 Å². The van der Waals surface area contributed by atoms with Crippen molar-refractivity contribution in [2.75, 3.05) is 0 Å². The molecule has 0 aliphatic heterocycles. The van der Waals surface area contributed by atoms with Crippen LogP contribution in [0.1, 0.15) is 18.7 Å². The summed E-state index contributed by atoms with van der Waals surface area (Å²) < 4.78 is 1.08. The Labute approximate surface area is 102 Å². The van der Waals surface area contributed by atoms with Gasteiger partial charge in [-0.3, -0.25) is 0 Å². The van der Waals surface area contributed by atoms with Crippen LogP contribution in [-0.2, 0) is 5.54 Å². The quantitative estimate of drug-likeness (QED) is 0.887. The second-order valence-corrected chi connectivity index (χ2v) is 5.22. The predicted molar refractivity (Wildman–Crippen MR) is 66.8 cm³/mol. The first-order valence-electron chi connectivity index (χ1n) is 5.28. The molecule has 0 amide bonds. The maximum Gasteiger partial charge on any atom is 0.126 e. The summed E-state index contributed by atoms with van der Waals surface area (Å²) in [7, 11) is 0. The summed E-state index contributed by atoms with van der Waals surface area (Å²) in [5.74, 6) is 0.908. The van der Waals surface area contributed by atoms with Gasteiger partial charge in [0.25, 0.3) is 0 Å². The SMILES string of the molecule is NC1(c2ncc(-c3ccc(Br)cc3)[nH]2)CC1. The summed E-state index contributed by atoms with van der Waals surface area (Å²) in [6, 6.07) is 8.14. The highest BCUT2D eigenvalue weighted by Crippen LogP contribution is 2.41. The molecule has 0 spiro atoms. The normalized spacial score (nSPS) is 17.4. The van der Waals surface area contributed by atoms with Gasteiger partial charge < -0.3 is 10.7 Å². The Kier molecular flexibility index (Phi) is 2.16. The van der Waals surface area contributed by atoms with Crippen molar-refractivity contribution in [2.45, 2.75) is 18.4 Å². The smallest absolute Gasteiger partial charge is 0.126 e. The molecule has 3 nitrogen and oxygen atoms in total. The van der Waals surface area contributed by atoms with Gasteiger partial charge in [-0.15, -0.1) is 0 Å². The Morgan fingerprint density at radius 3 is 2.56 bits per heavy atom. The van der Waals surface area contributed by atoms with E-state index in [1.807, 2.05) is 18.3 Å². The summed E-state index contributed by atoms with van der Waals surface area (Å²) in [4.78, 5) is 7.66. The average Bonchev–Trinajstić information content (AvgIpc) is 2.84. The summed E-state index contributed by atoms with van der Waals surface area (Å²) in [6.07, 6.45) is 3.91. The van der Waals surface area contributed by atoms with Crippen molar-refractivity contribution in [1.82, 2.24) is 9.97 Å². The number of imidazole rings is 1. The first-order chi connectivity index (χ1) is 7.67. The minimum absolute atomic E-state index is 0.187. The molecule has 0 bridgehead atoms. The van der Waals surface area contributed by atoms with Crippen LogP contribution in [0.3, 0.4) is 0 Å². The largest absolute Gasteiger partial charge is 0.340 e. The number of H-pyrrole nitrogens is 1. The number of halogens is 1. The molecule has 1 heterocycles. The number of aromatic amines is 1. The van der Waals surface area contributed by atoms with Gasteiger partial charge >= 0.3 is 0 Å². The fourth-order valence-corrected chi connectivity index (χ4v) is 1.99. The third-order valence-corrected chi connectivity index (χ3v) is 3.52. The number of rotatable bonds is 2. The highest BCUT2D eigenvalue weighted by atomic mass is 79.9. The first-order valence-corrected chi connectivity index (χ1v) is 6.07. The lowest BCUT2D eigenvalue weighted by Crippen LogP contribution is -2.20. The van der Waals surface area contributed by atoms with Crippen molar-refractivity contribution in [2.24, 2.45) is 5.73 Å². The van der Waals surface area contributed by atoms with Crippen molar-refractivity contribution < 1.29 is 0 Å². The maximum absolute atomic E-state index is 6.08. The third kappa shape index (κ3) is 1.68. The Hall–Kier alpha value is -1.13. The van der Waals surface area contributed by atoms with Crippen molar-refractivity contribution in [3.8, 4) is 11.3 Å². The third-order valence-electron chi connectivity index (χ3n) is 2.99. The molecule has 1 saturated carbocycles. The molecule has 3 rings (SSSR count). The van der Waals surface area contributed by atoms with Crippen molar-refractivity contribution >= 4 is 15.9 Å². The monoisotopic (exact) mass is 277 g/mol. The number of benzene rings is 1. The molecule has 82 valence electrons. The summed E-state index contributed by atoms with van der Waals surface area (Å²) in [6.45, 7) is 0. The Morgan fingerprint density at radius 1 is 1.25 bits per heavy atom. The standard InChI is InChI=1S/C12H12BrN3/c13-9-3-1-8(2-4-9)10-7-15-11(16-10)12(14)5-6-12/h1-4,7H,5-6,14H2,(H,15,16). The van der Waals surface area contributed by atoms with E-state index >= 15 is 0 Å². The van der Waals surface area contributed by atoms with Crippen LogP contribution in [0.2, 0.25) is 0 Å². The molecule has 3 N–H and O–H groups in total. The molecule has 1 aliphatic carbocycles. The molecule has 0 atom stereocenters. The van der Waals surface area contributed by atoms with Crippen LogP contribution in [0.5, 0.6) is 0 Å². The van der Waals surface area contributed by atoms with E-state index < -0.39 is 0 Å². The molecule has 1 aliphatic rings. The van der Waals surface area contributed by atoms with E-state index in [1.165, 1.54) is 0 Å². The lowest BCUT2D eigenvalue weighted by atomic mass is 10.2. The predicted octanol–water partition coefficient (Wildman–Crippen LogP) is 2.79. The molecule has 1 aromatic heterocycles. The second kappa shape index (κ2) is 3.43. The molecule has 0 saturated heterocycles. The van der Waals surface area contributed by atoms with E-state index in [0.717, 1.165) is 34.4 Å². The van der Waals surface area contributed by atoms with Gasteiger partial charge in [0.05, 0.1) is 17.4 Å². The van der Waals surface area contributed by atoms with Crippen LogP contribution in [-0.4, -0.2) is 9.97 Å². The second-order valence-electron chi connectivity index (χ2n) is 4.31. The van der Waals surface area contributed by atoms with E-state index in [4.69, 9.17) is 5.73 Å². The Morgan fingerprint density at radius 2 is 1.94 bits per heavy atom. The van der Waals surface area contributed by atoms with Gasteiger partial charge in [0.15, 0.2) is 0 Å². The molecule has 4 heteroatoms. The van der Waals surface area contributed by atoms with Gasteiger partial charge in [-0.05, 0) is 30.5 Å². The number of hydrogen-bond acceptors (Lipinski definition) is 2. The van der Waals surface area contributed by atoms with E-state index in [0.29, 0.717) is 0 Å².